The zero-order valence-electron chi connectivity index (χ0n) is 16.4. The molecule has 0 atom stereocenters. The number of hydrogen-bond acceptors (Lipinski definition) is 8. The molecule has 0 saturated carbocycles. The quantitative estimate of drug-likeness (QED) is 0.743. The minimum atomic E-state index is 0.715. The van der Waals surface area contributed by atoms with Crippen molar-refractivity contribution >= 4 is 32.9 Å². The Kier molecular flexibility index (Phi) is 7.61. The topological polar surface area (TPSA) is 84.3 Å². The molecule has 4 N–H and O–H groups in total. The number of nitrogens with two attached hydrogens (primary N) is 2. The van der Waals surface area contributed by atoms with Gasteiger partial charge < -0.3 is 11.5 Å². The van der Waals surface area contributed by atoms with Gasteiger partial charge in [0.1, 0.15) is 0 Å². The molecular formula is C20H30N6S2. The van der Waals surface area contributed by atoms with E-state index in [1.165, 1.54) is 21.1 Å². The Balaban J connectivity index is 0.000000161. The number of nitrogens with zero attached hydrogens (tertiary/aromatic N) is 4. The van der Waals surface area contributed by atoms with E-state index in [0.717, 1.165) is 65.0 Å². The molecular weight excluding hydrogens is 388 g/mol. The fourth-order valence-electron chi connectivity index (χ4n) is 3.59. The molecule has 4 rings (SSSR count). The van der Waals surface area contributed by atoms with E-state index in [0.29, 0.717) is 10.3 Å². The third-order valence-electron chi connectivity index (χ3n) is 5.00. The lowest BCUT2D eigenvalue weighted by molar-refractivity contribution is 0.318. The summed E-state index contributed by atoms with van der Waals surface area (Å²) in [5.74, 6) is 0. The Morgan fingerprint density at radius 1 is 0.750 bits per heavy atom. The predicted octanol–water partition coefficient (Wildman–Crippen LogP) is 2.62. The van der Waals surface area contributed by atoms with Crippen molar-refractivity contribution in [1.29, 1.82) is 0 Å². The van der Waals surface area contributed by atoms with Crippen LogP contribution in [0.4, 0.5) is 10.3 Å². The smallest absolute Gasteiger partial charge is 0.180 e. The molecule has 2 aromatic heterocycles. The van der Waals surface area contributed by atoms with E-state index in [1.807, 2.05) is 12.2 Å². The van der Waals surface area contributed by atoms with Crippen LogP contribution in [0, 0.1) is 0 Å². The molecule has 0 bridgehead atoms. The first kappa shape index (κ1) is 21.0. The molecule has 0 amide bonds. The summed E-state index contributed by atoms with van der Waals surface area (Å²) >= 11 is 3.28. The van der Waals surface area contributed by atoms with Gasteiger partial charge in [-0.15, -0.1) is 35.8 Å². The third-order valence-corrected chi connectivity index (χ3v) is 6.98. The summed E-state index contributed by atoms with van der Waals surface area (Å²) in [4.78, 5) is 16.2. The average molecular weight is 419 g/mol. The molecule has 152 valence electrons. The number of aromatic nitrogens is 2. The van der Waals surface area contributed by atoms with Gasteiger partial charge in [0.15, 0.2) is 10.3 Å². The van der Waals surface area contributed by atoms with Crippen LogP contribution in [-0.4, -0.2) is 59.0 Å². The molecule has 4 heterocycles. The van der Waals surface area contributed by atoms with Crippen LogP contribution in [0.3, 0.4) is 0 Å². The Hall–Kier alpha value is -1.74. The second-order valence-corrected chi connectivity index (χ2v) is 9.25. The molecule has 2 aliphatic rings. The lowest BCUT2D eigenvalue weighted by Crippen LogP contribution is -2.26. The van der Waals surface area contributed by atoms with Gasteiger partial charge in [0.2, 0.25) is 0 Å². The van der Waals surface area contributed by atoms with Gasteiger partial charge in [0, 0.05) is 61.9 Å². The van der Waals surface area contributed by atoms with E-state index in [1.54, 1.807) is 22.7 Å². The molecule has 0 radical (unpaired) electrons. The molecule has 0 spiro atoms. The second kappa shape index (κ2) is 10.2. The van der Waals surface area contributed by atoms with Crippen LogP contribution < -0.4 is 11.5 Å². The maximum atomic E-state index is 5.68. The predicted molar refractivity (Wildman–Crippen MR) is 121 cm³/mol. The molecule has 0 saturated heterocycles. The van der Waals surface area contributed by atoms with Crippen LogP contribution in [0.25, 0.3) is 0 Å². The number of thiazole rings is 2. The molecule has 28 heavy (non-hydrogen) atoms. The summed E-state index contributed by atoms with van der Waals surface area (Å²) in [6.07, 6.45) is 8.13. The summed E-state index contributed by atoms with van der Waals surface area (Å²) in [5, 5.41) is 1.43. The van der Waals surface area contributed by atoms with Gasteiger partial charge >= 0.3 is 0 Å². The van der Waals surface area contributed by atoms with Crippen molar-refractivity contribution in [3.63, 3.8) is 0 Å². The highest BCUT2D eigenvalue weighted by atomic mass is 32.1. The van der Waals surface area contributed by atoms with Crippen molar-refractivity contribution in [1.82, 2.24) is 19.8 Å². The van der Waals surface area contributed by atoms with Crippen LogP contribution in [0.2, 0.25) is 0 Å². The highest BCUT2D eigenvalue weighted by Crippen LogP contribution is 2.24. The molecule has 2 aromatic rings. The Labute approximate surface area is 175 Å². The number of hydrogen-bond donors (Lipinski definition) is 2. The van der Waals surface area contributed by atoms with Gasteiger partial charge in [-0.2, -0.15) is 0 Å². The number of anilines is 2. The molecule has 0 unspecified atom stereocenters. The van der Waals surface area contributed by atoms with Crippen LogP contribution >= 0.6 is 22.7 Å². The third kappa shape index (κ3) is 5.64. The van der Waals surface area contributed by atoms with Gasteiger partial charge in [-0.3, -0.25) is 9.80 Å². The van der Waals surface area contributed by atoms with Gasteiger partial charge in [-0.1, -0.05) is 12.2 Å². The molecule has 0 aromatic carbocycles. The second-order valence-electron chi connectivity index (χ2n) is 7.02. The van der Waals surface area contributed by atoms with Gasteiger partial charge in [0.25, 0.3) is 0 Å². The summed E-state index contributed by atoms with van der Waals surface area (Å²) < 4.78 is 0. The van der Waals surface area contributed by atoms with Crippen LogP contribution in [0.15, 0.2) is 25.3 Å². The fraction of sp³-hybridized carbons (Fsp3) is 0.500. The first-order valence-corrected chi connectivity index (χ1v) is 11.4. The van der Waals surface area contributed by atoms with Gasteiger partial charge in [-0.05, 0) is 12.8 Å². The minimum absolute atomic E-state index is 0.715. The summed E-state index contributed by atoms with van der Waals surface area (Å²) in [5.41, 5.74) is 13.8. The van der Waals surface area contributed by atoms with E-state index in [9.17, 15) is 0 Å². The zero-order chi connectivity index (χ0) is 19.9. The first-order chi connectivity index (χ1) is 13.6. The largest absolute Gasteiger partial charge is 0.375 e. The highest BCUT2D eigenvalue weighted by Gasteiger charge is 2.17. The summed E-state index contributed by atoms with van der Waals surface area (Å²) in [6.45, 7) is 13.8. The standard InChI is InChI=1S/2C10H15N3S/c2*1-2-5-13-6-3-8-9(4-7-13)14-10(11)12-8/h2*2H,1,3-7H2,(H2,11,12). The molecule has 0 aliphatic carbocycles. The lowest BCUT2D eigenvalue weighted by Gasteiger charge is -2.16. The van der Waals surface area contributed by atoms with Gasteiger partial charge in [-0.25, -0.2) is 9.97 Å². The van der Waals surface area contributed by atoms with Crippen LogP contribution in [0.5, 0.6) is 0 Å². The van der Waals surface area contributed by atoms with Crippen molar-refractivity contribution in [3.8, 4) is 0 Å². The fourth-order valence-corrected chi connectivity index (χ4v) is 5.32. The molecule has 6 nitrogen and oxygen atoms in total. The number of rotatable bonds is 4. The monoisotopic (exact) mass is 418 g/mol. The van der Waals surface area contributed by atoms with Gasteiger partial charge in [0.05, 0.1) is 11.4 Å². The van der Waals surface area contributed by atoms with Crippen molar-refractivity contribution in [2.24, 2.45) is 0 Å². The summed E-state index contributed by atoms with van der Waals surface area (Å²) in [7, 11) is 0. The van der Waals surface area contributed by atoms with Crippen molar-refractivity contribution in [3.05, 3.63) is 46.5 Å². The maximum Gasteiger partial charge on any atom is 0.180 e. The SMILES string of the molecule is C=CCN1CCc2nc(N)sc2CC1.C=CCN1CCc2nc(N)sc2CC1. The lowest BCUT2D eigenvalue weighted by atomic mass is 10.2. The van der Waals surface area contributed by atoms with E-state index in [-0.39, 0.29) is 0 Å². The normalized spacial score (nSPS) is 17.4. The first-order valence-electron chi connectivity index (χ1n) is 9.73. The van der Waals surface area contributed by atoms with E-state index in [2.05, 4.69) is 32.9 Å². The number of fused-ring (bicyclic) bond motifs is 2. The van der Waals surface area contributed by atoms with Crippen molar-refractivity contribution in [2.75, 3.05) is 50.7 Å². The van der Waals surface area contributed by atoms with E-state index < -0.39 is 0 Å². The number of nitrogen functional groups attached to an aromatic ring is 2. The van der Waals surface area contributed by atoms with Crippen LogP contribution in [-0.2, 0) is 25.7 Å². The zero-order valence-corrected chi connectivity index (χ0v) is 18.0. The van der Waals surface area contributed by atoms with Crippen molar-refractivity contribution in [2.45, 2.75) is 25.7 Å². The average Bonchev–Trinajstić information content (AvgIpc) is 3.08. The van der Waals surface area contributed by atoms with Crippen LogP contribution in [0.1, 0.15) is 21.1 Å². The van der Waals surface area contributed by atoms with Crippen molar-refractivity contribution < 1.29 is 0 Å². The molecule has 0 fully saturated rings. The van der Waals surface area contributed by atoms with E-state index in [4.69, 9.17) is 11.5 Å². The molecule has 2 aliphatic heterocycles. The minimum Gasteiger partial charge on any atom is -0.375 e. The Morgan fingerprint density at radius 2 is 1.14 bits per heavy atom. The van der Waals surface area contributed by atoms with E-state index >= 15 is 0 Å². The molecule has 8 heteroatoms. The highest BCUT2D eigenvalue weighted by molar-refractivity contribution is 7.15. The maximum absolute atomic E-state index is 5.68. The Morgan fingerprint density at radius 3 is 1.54 bits per heavy atom. The Bertz CT molecular complexity index is 679. The summed E-state index contributed by atoms with van der Waals surface area (Å²) in [6, 6.07) is 0.